The molecule has 138 valence electrons. The van der Waals surface area contributed by atoms with Gasteiger partial charge in [0.25, 0.3) is 0 Å². The largest absolute Gasteiger partial charge is 0.488 e. The van der Waals surface area contributed by atoms with Gasteiger partial charge in [0, 0.05) is 23.3 Å². The minimum absolute atomic E-state index is 0.325. The van der Waals surface area contributed by atoms with E-state index in [1.807, 2.05) is 42.6 Å². The molecule has 4 aromatic rings. The summed E-state index contributed by atoms with van der Waals surface area (Å²) in [4.78, 5) is 8.96. The standard InChI is InChI=1S/C24H21N3O/c1-2-7-19-18(6-1)10-12-22(19)27-24-13-11-20-21(26-24)8-3-9-23(20)28-16-17-5-4-14-25-15-17/h1-9,11,13-15,22H,10,12,16H2,(H,26,27). The number of aryl methyl sites for hydroxylation is 1. The molecule has 0 amide bonds. The van der Waals surface area contributed by atoms with E-state index in [2.05, 4.69) is 40.6 Å². The number of ether oxygens (including phenoxy) is 1. The second-order valence-electron chi connectivity index (χ2n) is 7.10. The Morgan fingerprint density at radius 3 is 2.86 bits per heavy atom. The van der Waals surface area contributed by atoms with Crippen LogP contribution in [0, 0.1) is 0 Å². The molecule has 0 saturated heterocycles. The predicted molar refractivity (Wildman–Crippen MR) is 111 cm³/mol. The lowest BCUT2D eigenvalue weighted by Gasteiger charge is -2.16. The fourth-order valence-corrected chi connectivity index (χ4v) is 3.86. The Morgan fingerprint density at radius 2 is 1.93 bits per heavy atom. The van der Waals surface area contributed by atoms with E-state index in [0.717, 1.165) is 40.9 Å². The van der Waals surface area contributed by atoms with Crippen LogP contribution in [-0.4, -0.2) is 9.97 Å². The second kappa shape index (κ2) is 7.31. The molecule has 28 heavy (non-hydrogen) atoms. The van der Waals surface area contributed by atoms with Gasteiger partial charge in [-0.3, -0.25) is 4.98 Å². The summed E-state index contributed by atoms with van der Waals surface area (Å²) < 4.78 is 6.02. The smallest absolute Gasteiger partial charge is 0.129 e. The minimum atomic E-state index is 0.325. The number of nitrogens with zero attached hydrogens (tertiary/aromatic N) is 2. The Morgan fingerprint density at radius 1 is 0.964 bits per heavy atom. The molecule has 2 aromatic heterocycles. The van der Waals surface area contributed by atoms with Crippen LogP contribution in [0.4, 0.5) is 5.82 Å². The van der Waals surface area contributed by atoms with Crippen molar-refractivity contribution >= 4 is 16.7 Å². The van der Waals surface area contributed by atoms with Crippen molar-refractivity contribution in [3.8, 4) is 5.75 Å². The average molecular weight is 367 g/mol. The number of aromatic nitrogens is 2. The van der Waals surface area contributed by atoms with Gasteiger partial charge in [0.2, 0.25) is 0 Å². The minimum Gasteiger partial charge on any atom is -0.488 e. The van der Waals surface area contributed by atoms with Gasteiger partial charge in [0.15, 0.2) is 0 Å². The molecule has 0 radical (unpaired) electrons. The Hall–Kier alpha value is -3.40. The molecule has 2 heterocycles. The number of anilines is 1. The molecule has 0 bridgehead atoms. The van der Waals surface area contributed by atoms with E-state index in [9.17, 15) is 0 Å². The highest BCUT2D eigenvalue weighted by Crippen LogP contribution is 2.34. The maximum Gasteiger partial charge on any atom is 0.129 e. The van der Waals surface area contributed by atoms with E-state index in [1.54, 1.807) is 6.20 Å². The zero-order valence-corrected chi connectivity index (χ0v) is 15.5. The summed E-state index contributed by atoms with van der Waals surface area (Å²) in [6.07, 6.45) is 5.81. The monoisotopic (exact) mass is 367 g/mol. The van der Waals surface area contributed by atoms with Crippen molar-refractivity contribution in [3.63, 3.8) is 0 Å². The van der Waals surface area contributed by atoms with Crippen molar-refractivity contribution in [2.24, 2.45) is 0 Å². The normalized spacial score (nSPS) is 15.4. The number of fused-ring (bicyclic) bond motifs is 2. The van der Waals surface area contributed by atoms with Gasteiger partial charge in [0.1, 0.15) is 18.2 Å². The molecule has 5 rings (SSSR count). The van der Waals surface area contributed by atoms with Crippen molar-refractivity contribution in [1.82, 2.24) is 9.97 Å². The van der Waals surface area contributed by atoms with Gasteiger partial charge in [-0.2, -0.15) is 0 Å². The Labute approximate surface area is 164 Å². The molecule has 0 aliphatic heterocycles. The van der Waals surface area contributed by atoms with Gasteiger partial charge in [-0.05, 0) is 54.3 Å². The van der Waals surface area contributed by atoms with Crippen LogP contribution >= 0.6 is 0 Å². The molecule has 1 N–H and O–H groups in total. The number of nitrogens with one attached hydrogen (secondary N) is 1. The topological polar surface area (TPSA) is 47.0 Å². The van der Waals surface area contributed by atoms with E-state index in [1.165, 1.54) is 11.1 Å². The van der Waals surface area contributed by atoms with Crippen LogP contribution in [0.3, 0.4) is 0 Å². The Kier molecular flexibility index (Phi) is 4.37. The maximum atomic E-state index is 6.02. The van der Waals surface area contributed by atoms with Gasteiger partial charge in [-0.15, -0.1) is 0 Å². The van der Waals surface area contributed by atoms with Crippen LogP contribution in [-0.2, 0) is 13.0 Å². The summed E-state index contributed by atoms with van der Waals surface area (Å²) in [6.45, 7) is 0.492. The van der Waals surface area contributed by atoms with E-state index in [4.69, 9.17) is 9.72 Å². The van der Waals surface area contributed by atoms with Gasteiger partial charge in [0.05, 0.1) is 11.6 Å². The molecule has 4 heteroatoms. The molecule has 4 nitrogen and oxygen atoms in total. The zero-order valence-electron chi connectivity index (χ0n) is 15.5. The quantitative estimate of drug-likeness (QED) is 0.519. The number of pyridine rings is 2. The van der Waals surface area contributed by atoms with E-state index < -0.39 is 0 Å². The van der Waals surface area contributed by atoms with Crippen LogP contribution in [0.2, 0.25) is 0 Å². The molecule has 0 spiro atoms. The van der Waals surface area contributed by atoms with Crippen LogP contribution < -0.4 is 10.1 Å². The molecular weight excluding hydrogens is 346 g/mol. The molecule has 1 aliphatic carbocycles. The number of hydrogen-bond acceptors (Lipinski definition) is 4. The lowest BCUT2D eigenvalue weighted by Crippen LogP contribution is -2.08. The number of hydrogen-bond donors (Lipinski definition) is 1. The molecular formula is C24H21N3O. The highest BCUT2D eigenvalue weighted by Gasteiger charge is 2.22. The third-order valence-corrected chi connectivity index (χ3v) is 5.26. The Bertz CT molecular complexity index is 1110. The van der Waals surface area contributed by atoms with Crippen molar-refractivity contribution in [3.05, 3.63) is 95.8 Å². The lowest BCUT2D eigenvalue weighted by molar-refractivity contribution is 0.309. The van der Waals surface area contributed by atoms with Crippen molar-refractivity contribution in [1.29, 1.82) is 0 Å². The van der Waals surface area contributed by atoms with Crippen LogP contribution in [0.15, 0.2) is 79.1 Å². The molecule has 1 atom stereocenters. The van der Waals surface area contributed by atoms with Crippen LogP contribution in [0.1, 0.15) is 29.2 Å². The summed E-state index contributed by atoms with van der Waals surface area (Å²) in [6, 6.07) is 23.0. The average Bonchev–Trinajstić information content (AvgIpc) is 3.16. The van der Waals surface area contributed by atoms with Crippen molar-refractivity contribution in [2.45, 2.75) is 25.5 Å². The summed E-state index contributed by atoms with van der Waals surface area (Å²) in [5.74, 6) is 1.74. The fourth-order valence-electron chi connectivity index (χ4n) is 3.86. The molecule has 1 aliphatic rings. The zero-order chi connectivity index (χ0) is 18.8. The fraction of sp³-hybridized carbons (Fsp3) is 0.167. The third-order valence-electron chi connectivity index (χ3n) is 5.26. The number of rotatable bonds is 5. The first-order valence-corrected chi connectivity index (χ1v) is 9.63. The summed E-state index contributed by atoms with van der Waals surface area (Å²) >= 11 is 0. The highest BCUT2D eigenvalue weighted by atomic mass is 16.5. The first kappa shape index (κ1) is 16.8. The van der Waals surface area contributed by atoms with E-state index >= 15 is 0 Å². The first-order chi connectivity index (χ1) is 13.9. The SMILES string of the molecule is c1cncc(COc2cccc3nc(NC4CCc5ccccc54)ccc23)c1. The highest BCUT2D eigenvalue weighted by molar-refractivity contribution is 5.86. The van der Waals surface area contributed by atoms with Gasteiger partial charge < -0.3 is 10.1 Å². The summed E-state index contributed by atoms with van der Waals surface area (Å²) in [7, 11) is 0. The van der Waals surface area contributed by atoms with Gasteiger partial charge in [-0.1, -0.05) is 36.4 Å². The van der Waals surface area contributed by atoms with Crippen molar-refractivity contribution < 1.29 is 4.74 Å². The first-order valence-electron chi connectivity index (χ1n) is 9.63. The maximum absolute atomic E-state index is 6.02. The van der Waals surface area contributed by atoms with E-state index in [-0.39, 0.29) is 0 Å². The predicted octanol–water partition coefficient (Wildman–Crippen LogP) is 5.31. The summed E-state index contributed by atoms with van der Waals surface area (Å²) in [5.41, 5.74) is 4.80. The third kappa shape index (κ3) is 3.29. The molecule has 0 saturated carbocycles. The van der Waals surface area contributed by atoms with Crippen LogP contribution in [0.5, 0.6) is 5.75 Å². The summed E-state index contributed by atoms with van der Waals surface area (Å²) in [5, 5.41) is 4.62. The van der Waals surface area contributed by atoms with Gasteiger partial charge in [-0.25, -0.2) is 4.98 Å². The lowest BCUT2D eigenvalue weighted by atomic mass is 10.1. The van der Waals surface area contributed by atoms with Gasteiger partial charge >= 0.3 is 0 Å². The Balaban J connectivity index is 1.37. The second-order valence-corrected chi connectivity index (χ2v) is 7.10. The molecule has 1 unspecified atom stereocenters. The number of benzene rings is 2. The van der Waals surface area contributed by atoms with Crippen LogP contribution in [0.25, 0.3) is 10.9 Å². The molecule has 2 aromatic carbocycles. The van der Waals surface area contributed by atoms with E-state index in [0.29, 0.717) is 12.6 Å². The van der Waals surface area contributed by atoms with Crippen molar-refractivity contribution in [2.75, 3.05) is 5.32 Å². The molecule has 0 fully saturated rings.